The van der Waals surface area contributed by atoms with Gasteiger partial charge in [0.15, 0.2) is 6.10 Å². The maximum atomic E-state index is 12.7. The van der Waals surface area contributed by atoms with Crippen LogP contribution in [0.5, 0.6) is 0 Å². The van der Waals surface area contributed by atoms with Gasteiger partial charge < -0.3 is 19.2 Å². The number of benzene rings is 1. The lowest BCUT2D eigenvalue weighted by Gasteiger charge is -2.35. The molecule has 1 aromatic heterocycles. The second-order valence-electron chi connectivity index (χ2n) is 6.98. The summed E-state index contributed by atoms with van der Waals surface area (Å²) in [7, 11) is 0. The molecule has 1 amide bonds. The summed E-state index contributed by atoms with van der Waals surface area (Å²) in [6.07, 6.45) is 3.94. The zero-order valence-corrected chi connectivity index (χ0v) is 14.2. The lowest BCUT2D eigenvalue weighted by molar-refractivity contribution is -0.166. The first-order valence-electron chi connectivity index (χ1n) is 8.69. The fourth-order valence-electron chi connectivity index (χ4n) is 3.85. The van der Waals surface area contributed by atoms with Gasteiger partial charge in [0.1, 0.15) is 5.58 Å². The van der Waals surface area contributed by atoms with Crippen molar-refractivity contribution >= 4 is 22.8 Å². The smallest absolute Gasteiger partial charge is 0.334 e. The average Bonchev–Trinajstić information content (AvgIpc) is 3.18. The van der Waals surface area contributed by atoms with E-state index in [1.807, 2.05) is 0 Å². The van der Waals surface area contributed by atoms with Gasteiger partial charge in [-0.1, -0.05) is 0 Å². The summed E-state index contributed by atoms with van der Waals surface area (Å²) in [5, 5.41) is 10.2. The van der Waals surface area contributed by atoms with Crippen LogP contribution in [0.3, 0.4) is 0 Å². The molecule has 0 spiro atoms. The van der Waals surface area contributed by atoms with E-state index in [2.05, 4.69) is 12.1 Å². The highest BCUT2D eigenvalue weighted by Gasteiger charge is 2.32. The van der Waals surface area contributed by atoms with Crippen LogP contribution in [0, 0.1) is 0 Å². The number of hydrogen-bond acceptors (Lipinski definition) is 4. The number of nitrogens with zero attached hydrogens (tertiary/aromatic N) is 1. The standard InChI is InChI=1S/C19H21NO5/c1-11-8-20(9-17(25-11)19(22)23)18(21)7-14-10-24-16-6-13-4-2-3-12(13)5-15(14)16/h5-6,10-11,17H,2-4,7-9H2,1H3,(H,22,23)/t11-,17?/m1/s1. The highest BCUT2D eigenvalue weighted by Crippen LogP contribution is 2.30. The van der Waals surface area contributed by atoms with E-state index in [0.717, 1.165) is 29.4 Å². The predicted octanol–water partition coefficient (Wildman–Crippen LogP) is 2.16. The topological polar surface area (TPSA) is 80.0 Å². The van der Waals surface area contributed by atoms with Crippen LogP contribution in [0.15, 0.2) is 22.8 Å². The molecule has 0 radical (unpaired) electrons. The van der Waals surface area contributed by atoms with Gasteiger partial charge in [-0.15, -0.1) is 0 Å². The van der Waals surface area contributed by atoms with Gasteiger partial charge in [0.2, 0.25) is 5.91 Å². The predicted molar refractivity (Wildman–Crippen MR) is 90.5 cm³/mol. The van der Waals surface area contributed by atoms with E-state index in [4.69, 9.17) is 14.3 Å². The lowest BCUT2D eigenvalue weighted by atomic mass is 10.0. The van der Waals surface area contributed by atoms with Crippen LogP contribution in [-0.4, -0.2) is 47.2 Å². The number of furan rings is 1. The molecule has 1 aliphatic carbocycles. The van der Waals surface area contributed by atoms with Crippen LogP contribution < -0.4 is 0 Å². The second-order valence-corrected chi connectivity index (χ2v) is 6.98. The van der Waals surface area contributed by atoms with Crippen molar-refractivity contribution in [3.8, 4) is 0 Å². The summed E-state index contributed by atoms with van der Waals surface area (Å²) < 4.78 is 11.0. The molecule has 2 atom stereocenters. The van der Waals surface area contributed by atoms with Gasteiger partial charge in [-0.2, -0.15) is 0 Å². The number of hydrogen-bond donors (Lipinski definition) is 1. The number of carbonyl (C=O) groups is 2. The minimum absolute atomic E-state index is 0.0870. The Balaban J connectivity index is 1.54. The molecule has 25 heavy (non-hydrogen) atoms. The van der Waals surface area contributed by atoms with Crippen molar-refractivity contribution < 1.29 is 23.8 Å². The number of carbonyl (C=O) groups excluding carboxylic acids is 1. The fourth-order valence-corrected chi connectivity index (χ4v) is 3.85. The van der Waals surface area contributed by atoms with Crippen molar-refractivity contribution in [3.63, 3.8) is 0 Å². The summed E-state index contributed by atoms with van der Waals surface area (Å²) in [4.78, 5) is 25.5. The molecule has 1 unspecified atom stereocenters. The Kier molecular flexibility index (Phi) is 4.00. The molecule has 2 aromatic rings. The van der Waals surface area contributed by atoms with Crippen LogP contribution in [0.25, 0.3) is 11.0 Å². The molecule has 0 saturated carbocycles. The Morgan fingerprint density at radius 1 is 1.24 bits per heavy atom. The summed E-state index contributed by atoms with van der Waals surface area (Å²) in [5.74, 6) is -1.13. The van der Waals surface area contributed by atoms with E-state index in [1.54, 1.807) is 18.1 Å². The number of fused-ring (bicyclic) bond motifs is 2. The molecule has 6 heteroatoms. The molecule has 1 aromatic carbocycles. The monoisotopic (exact) mass is 343 g/mol. The Labute approximate surface area is 145 Å². The van der Waals surface area contributed by atoms with Gasteiger partial charge in [-0.05, 0) is 49.4 Å². The molecule has 132 valence electrons. The number of rotatable bonds is 3. The van der Waals surface area contributed by atoms with Crippen molar-refractivity contribution in [2.75, 3.05) is 13.1 Å². The number of amides is 1. The molecule has 1 N–H and O–H groups in total. The zero-order chi connectivity index (χ0) is 17.6. The van der Waals surface area contributed by atoms with Gasteiger partial charge in [0, 0.05) is 17.5 Å². The Morgan fingerprint density at radius 2 is 2.00 bits per heavy atom. The number of ether oxygens (including phenoxy) is 1. The van der Waals surface area contributed by atoms with E-state index in [1.165, 1.54) is 17.5 Å². The lowest BCUT2D eigenvalue weighted by Crippen LogP contribution is -2.52. The van der Waals surface area contributed by atoms with Gasteiger partial charge in [-0.3, -0.25) is 4.79 Å². The van der Waals surface area contributed by atoms with Crippen LogP contribution in [0.2, 0.25) is 0 Å². The molecule has 1 aliphatic heterocycles. The average molecular weight is 343 g/mol. The highest BCUT2D eigenvalue weighted by atomic mass is 16.5. The Bertz CT molecular complexity index is 840. The largest absolute Gasteiger partial charge is 0.479 e. The summed E-state index contributed by atoms with van der Waals surface area (Å²) >= 11 is 0. The van der Waals surface area contributed by atoms with E-state index in [0.29, 0.717) is 6.54 Å². The van der Waals surface area contributed by atoms with Crippen molar-refractivity contribution in [3.05, 3.63) is 35.1 Å². The molecular weight excluding hydrogens is 322 g/mol. The van der Waals surface area contributed by atoms with Crippen molar-refractivity contribution in [2.45, 2.75) is 44.8 Å². The third-order valence-electron chi connectivity index (χ3n) is 5.10. The fraction of sp³-hybridized carbons (Fsp3) is 0.474. The molecular formula is C19H21NO5. The van der Waals surface area contributed by atoms with Crippen molar-refractivity contribution in [1.29, 1.82) is 0 Å². The number of aliphatic carboxylic acids is 1. The van der Waals surface area contributed by atoms with E-state index >= 15 is 0 Å². The minimum atomic E-state index is -1.03. The summed E-state index contributed by atoms with van der Waals surface area (Å²) in [6.45, 7) is 2.28. The Hall–Kier alpha value is -2.34. The summed E-state index contributed by atoms with van der Waals surface area (Å²) in [5.41, 5.74) is 4.36. The summed E-state index contributed by atoms with van der Waals surface area (Å²) in [6, 6.07) is 4.23. The zero-order valence-electron chi connectivity index (χ0n) is 14.2. The van der Waals surface area contributed by atoms with Gasteiger partial charge in [0.25, 0.3) is 0 Å². The quantitative estimate of drug-likeness (QED) is 0.924. The molecule has 6 nitrogen and oxygen atoms in total. The van der Waals surface area contributed by atoms with Gasteiger partial charge in [-0.25, -0.2) is 4.79 Å². The maximum absolute atomic E-state index is 12.7. The van der Waals surface area contributed by atoms with E-state index in [9.17, 15) is 9.59 Å². The van der Waals surface area contributed by atoms with E-state index in [-0.39, 0.29) is 25.0 Å². The highest BCUT2D eigenvalue weighted by molar-refractivity contribution is 5.89. The first kappa shape index (κ1) is 16.1. The van der Waals surface area contributed by atoms with Crippen LogP contribution >= 0.6 is 0 Å². The SMILES string of the molecule is C[C@@H]1CN(C(=O)Cc2coc3cc4c(cc23)CCC4)CC(C(=O)O)O1. The molecule has 1 saturated heterocycles. The minimum Gasteiger partial charge on any atom is -0.479 e. The Morgan fingerprint density at radius 3 is 2.76 bits per heavy atom. The number of carboxylic acid groups (broad SMARTS) is 1. The van der Waals surface area contributed by atoms with Crippen molar-refractivity contribution in [2.24, 2.45) is 0 Å². The number of aryl methyl sites for hydroxylation is 2. The van der Waals surface area contributed by atoms with Crippen LogP contribution in [-0.2, 0) is 33.6 Å². The van der Waals surface area contributed by atoms with Gasteiger partial charge >= 0.3 is 5.97 Å². The molecule has 1 fully saturated rings. The first-order chi connectivity index (χ1) is 12.0. The van der Waals surface area contributed by atoms with Crippen LogP contribution in [0.4, 0.5) is 0 Å². The molecule has 2 heterocycles. The normalized spacial score (nSPS) is 23.0. The van der Waals surface area contributed by atoms with Crippen LogP contribution in [0.1, 0.15) is 30.0 Å². The number of carboxylic acids is 1. The number of morpholine rings is 1. The van der Waals surface area contributed by atoms with E-state index < -0.39 is 12.1 Å². The molecule has 4 rings (SSSR count). The maximum Gasteiger partial charge on any atom is 0.334 e. The third-order valence-corrected chi connectivity index (χ3v) is 5.10. The third kappa shape index (κ3) is 3.02. The van der Waals surface area contributed by atoms with Crippen molar-refractivity contribution in [1.82, 2.24) is 4.90 Å². The van der Waals surface area contributed by atoms with Gasteiger partial charge in [0.05, 0.1) is 25.3 Å². The second kappa shape index (κ2) is 6.19. The molecule has 2 aliphatic rings. The first-order valence-corrected chi connectivity index (χ1v) is 8.69. The molecule has 0 bridgehead atoms.